The van der Waals surface area contributed by atoms with Crippen molar-refractivity contribution < 1.29 is 19.0 Å². The Morgan fingerprint density at radius 3 is 2.83 bits per heavy atom. The highest BCUT2D eigenvalue weighted by atomic mass is 35.5. The lowest BCUT2D eigenvalue weighted by atomic mass is 9.89. The van der Waals surface area contributed by atoms with Gasteiger partial charge in [0.1, 0.15) is 23.8 Å². The summed E-state index contributed by atoms with van der Waals surface area (Å²) in [4.78, 5) is 11.4. The van der Waals surface area contributed by atoms with Crippen LogP contribution in [0.2, 0.25) is 0 Å². The third-order valence-electron chi connectivity index (χ3n) is 4.35. The van der Waals surface area contributed by atoms with Crippen LogP contribution < -0.4 is 21.1 Å². The predicted molar refractivity (Wildman–Crippen MR) is 93.8 cm³/mol. The summed E-state index contributed by atoms with van der Waals surface area (Å²) >= 11 is 0. The molecule has 2 aliphatic rings. The molecule has 5 N–H and O–H groups in total. The van der Waals surface area contributed by atoms with Gasteiger partial charge in [-0.2, -0.15) is 0 Å². The van der Waals surface area contributed by atoms with Crippen LogP contribution in [0.4, 0.5) is 10.1 Å². The van der Waals surface area contributed by atoms with E-state index in [1.807, 2.05) is 0 Å². The molecular weight excluding hydrogens is 360 g/mol. The number of hydrogen-bond acceptors (Lipinski definition) is 5. The van der Waals surface area contributed by atoms with E-state index in [0.717, 1.165) is 0 Å². The minimum atomic E-state index is -1.11. The van der Waals surface area contributed by atoms with Crippen molar-refractivity contribution in [1.82, 2.24) is 5.32 Å². The molecular formula is C15H22Cl2FN3O3. The smallest absolute Gasteiger partial charge is 0.224 e. The Hall–Kier alpha value is -1.12. The van der Waals surface area contributed by atoms with Crippen molar-refractivity contribution in [2.45, 2.75) is 30.9 Å². The van der Waals surface area contributed by atoms with Crippen molar-refractivity contribution >= 4 is 36.4 Å². The highest BCUT2D eigenvalue weighted by molar-refractivity contribution is 5.94. The Morgan fingerprint density at radius 2 is 2.12 bits per heavy atom. The summed E-state index contributed by atoms with van der Waals surface area (Å²) in [7, 11) is 0. The number of carbonyl (C=O) groups is 1. The van der Waals surface area contributed by atoms with Gasteiger partial charge < -0.3 is 26.2 Å². The van der Waals surface area contributed by atoms with Gasteiger partial charge in [0.2, 0.25) is 5.91 Å². The number of nitrogens with one attached hydrogen (secondary N) is 2. The Kier molecular flexibility index (Phi) is 7.25. The van der Waals surface area contributed by atoms with Crippen LogP contribution in [0.1, 0.15) is 18.4 Å². The van der Waals surface area contributed by atoms with Gasteiger partial charge in [0, 0.05) is 24.6 Å². The molecule has 6 nitrogen and oxygen atoms in total. The van der Waals surface area contributed by atoms with Crippen molar-refractivity contribution in [3.8, 4) is 5.75 Å². The highest BCUT2D eigenvalue weighted by Crippen LogP contribution is 2.34. The fourth-order valence-electron chi connectivity index (χ4n) is 2.88. The van der Waals surface area contributed by atoms with Gasteiger partial charge in [-0.3, -0.25) is 4.79 Å². The maximum Gasteiger partial charge on any atom is 0.224 e. The van der Waals surface area contributed by atoms with Gasteiger partial charge >= 0.3 is 0 Å². The number of piperidine rings is 1. The van der Waals surface area contributed by atoms with E-state index in [2.05, 4.69) is 10.6 Å². The second kappa shape index (κ2) is 8.31. The number of ether oxygens (including phenoxy) is 1. The number of anilines is 1. The van der Waals surface area contributed by atoms with Gasteiger partial charge in [0.05, 0.1) is 5.69 Å². The topological polar surface area (TPSA) is 96.6 Å². The van der Waals surface area contributed by atoms with Gasteiger partial charge in [-0.05, 0) is 31.5 Å². The zero-order chi connectivity index (χ0) is 15.7. The zero-order valence-electron chi connectivity index (χ0n) is 13.0. The molecule has 9 heteroatoms. The third-order valence-corrected chi connectivity index (χ3v) is 4.35. The van der Waals surface area contributed by atoms with Crippen LogP contribution >= 0.6 is 24.8 Å². The number of nitrogens with two attached hydrogens (primary N) is 1. The van der Waals surface area contributed by atoms with E-state index in [9.17, 15) is 14.3 Å². The fourth-order valence-corrected chi connectivity index (χ4v) is 2.88. The Bertz CT molecular complexity index is 606. The van der Waals surface area contributed by atoms with Crippen molar-refractivity contribution in [3.05, 3.63) is 23.5 Å². The first-order valence-corrected chi connectivity index (χ1v) is 7.42. The van der Waals surface area contributed by atoms with E-state index in [1.54, 1.807) is 0 Å². The molecule has 0 radical (unpaired) electrons. The van der Waals surface area contributed by atoms with Crippen molar-refractivity contribution in [2.75, 3.05) is 25.0 Å². The fraction of sp³-hybridized carbons (Fsp3) is 0.533. The van der Waals surface area contributed by atoms with E-state index in [4.69, 9.17) is 10.5 Å². The third kappa shape index (κ3) is 4.10. The number of fused-ring (bicyclic) bond motifs is 1. The quantitative estimate of drug-likeness (QED) is 0.625. The zero-order valence-corrected chi connectivity index (χ0v) is 14.6. The second-order valence-corrected chi connectivity index (χ2v) is 5.90. The summed E-state index contributed by atoms with van der Waals surface area (Å²) in [6, 6.07) is 2.37. The highest BCUT2D eigenvalue weighted by Gasteiger charge is 2.38. The molecule has 0 spiro atoms. The van der Waals surface area contributed by atoms with E-state index in [-0.39, 0.29) is 43.0 Å². The van der Waals surface area contributed by atoms with Gasteiger partial charge in [-0.15, -0.1) is 24.8 Å². The number of carbonyl (C=O) groups excluding carboxylic acids is 1. The molecule has 0 saturated carbocycles. The minimum Gasteiger partial charge on any atom is -0.490 e. The molecule has 0 unspecified atom stereocenters. The number of hydrogen-bond donors (Lipinski definition) is 4. The van der Waals surface area contributed by atoms with Crippen LogP contribution in [0.15, 0.2) is 12.1 Å². The SMILES string of the molecule is Cl.Cl.N[C@@H]1CNCC[C@]1(O)COc1ccc(F)c2c1CCC(=O)N2. The molecule has 0 bridgehead atoms. The summed E-state index contributed by atoms with van der Waals surface area (Å²) in [6.07, 6.45) is 1.20. The molecule has 2 aliphatic heterocycles. The van der Waals surface area contributed by atoms with Crippen LogP contribution in [0, 0.1) is 5.82 Å². The lowest BCUT2D eigenvalue weighted by Gasteiger charge is -2.38. The predicted octanol–water partition coefficient (Wildman–Crippen LogP) is 0.984. The summed E-state index contributed by atoms with van der Waals surface area (Å²) in [6.45, 7) is 1.24. The van der Waals surface area contributed by atoms with Crippen LogP contribution in [-0.4, -0.2) is 42.4 Å². The molecule has 3 rings (SSSR count). The molecule has 1 aromatic rings. The number of halogens is 3. The van der Waals surface area contributed by atoms with E-state index >= 15 is 0 Å². The Balaban J connectivity index is 0.00000144. The first-order chi connectivity index (χ1) is 10.5. The number of aliphatic hydroxyl groups is 1. The number of benzene rings is 1. The summed E-state index contributed by atoms with van der Waals surface area (Å²) < 4.78 is 19.5. The minimum absolute atomic E-state index is 0. The molecule has 136 valence electrons. The van der Waals surface area contributed by atoms with Gasteiger partial charge in [0.15, 0.2) is 0 Å². The first-order valence-electron chi connectivity index (χ1n) is 7.42. The van der Waals surface area contributed by atoms with Crippen molar-refractivity contribution in [2.24, 2.45) is 5.73 Å². The average molecular weight is 382 g/mol. The lowest BCUT2D eigenvalue weighted by Crippen LogP contribution is -2.61. The van der Waals surface area contributed by atoms with E-state index in [1.165, 1.54) is 12.1 Å². The summed E-state index contributed by atoms with van der Waals surface area (Å²) in [5.41, 5.74) is 5.65. The normalized spacial score (nSPS) is 25.6. The van der Waals surface area contributed by atoms with Crippen molar-refractivity contribution in [1.29, 1.82) is 0 Å². The molecule has 1 fully saturated rings. The Morgan fingerprint density at radius 1 is 1.38 bits per heavy atom. The van der Waals surface area contributed by atoms with Crippen LogP contribution in [0.5, 0.6) is 5.75 Å². The summed E-state index contributed by atoms with van der Waals surface area (Å²) in [5, 5.41) is 16.2. The molecule has 2 atom stereocenters. The monoisotopic (exact) mass is 381 g/mol. The van der Waals surface area contributed by atoms with Crippen molar-refractivity contribution in [3.63, 3.8) is 0 Å². The molecule has 0 aliphatic carbocycles. The van der Waals surface area contributed by atoms with Gasteiger partial charge in [0.25, 0.3) is 0 Å². The Labute approximate surface area is 152 Å². The van der Waals surface area contributed by atoms with Crippen LogP contribution in [0.25, 0.3) is 0 Å². The standard InChI is InChI=1S/C15H20FN3O3.2ClH/c16-10-2-3-11(9-1-4-13(20)19-14(9)10)22-8-15(21)5-6-18-7-12(15)17;;/h2-3,12,18,21H,1,4-8,17H2,(H,19,20);2*1H/t12-,15+;;/m1../s1. The van der Waals surface area contributed by atoms with E-state index in [0.29, 0.717) is 43.7 Å². The molecule has 1 saturated heterocycles. The largest absolute Gasteiger partial charge is 0.490 e. The number of amides is 1. The van der Waals surface area contributed by atoms with Gasteiger partial charge in [-0.25, -0.2) is 4.39 Å². The van der Waals surface area contributed by atoms with Crippen LogP contribution in [-0.2, 0) is 11.2 Å². The number of rotatable bonds is 3. The maximum absolute atomic E-state index is 13.8. The second-order valence-electron chi connectivity index (χ2n) is 5.90. The molecule has 0 aromatic heterocycles. The maximum atomic E-state index is 13.8. The first kappa shape index (κ1) is 20.9. The van der Waals surface area contributed by atoms with Crippen LogP contribution in [0.3, 0.4) is 0 Å². The average Bonchev–Trinajstić information content (AvgIpc) is 2.50. The van der Waals surface area contributed by atoms with E-state index < -0.39 is 17.5 Å². The molecule has 1 amide bonds. The molecule has 1 aromatic carbocycles. The van der Waals surface area contributed by atoms with Gasteiger partial charge in [-0.1, -0.05) is 0 Å². The lowest BCUT2D eigenvalue weighted by molar-refractivity contribution is -0.116. The molecule has 24 heavy (non-hydrogen) atoms. The summed E-state index contributed by atoms with van der Waals surface area (Å²) in [5.74, 6) is -0.203. The molecule has 2 heterocycles.